The van der Waals surface area contributed by atoms with Gasteiger partial charge in [0.25, 0.3) is 5.91 Å². The summed E-state index contributed by atoms with van der Waals surface area (Å²) in [6.07, 6.45) is 2.33. The molecule has 0 bridgehead atoms. The van der Waals surface area contributed by atoms with Gasteiger partial charge in [0.2, 0.25) is 5.95 Å². The van der Waals surface area contributed by atoms with E-state index in [1.807, 2.05) is 36.4 Å². The number of likely N-dealkylation sites (N-methyl/N-ethyl adjacent to an activating group) is 1. The van der Waals surface area contributed by atoms with E-state index < -0.39 is 0 Å². The largest absolute Gasteiger partial charge is 0.494 e. The van der Waals surface area contributed by atoms with Crippen LogP contribution in [-0.2, 0) is 11.2 Å². The summed E-state index contributed by atoms with van der Waals surface area (Å²) >= 11 is 6.41. The van der Waals surface area contributed by atoms with Gasteiger partial charge in [-0.25, -0.2) is 4.98 Å². The number of fused-ring (bicyclic) bond motifs is 1. The van der Waals surface area contributed by atoms with Gasteiger partial charge in [-0.1, -0.05) is 23.7 Å². The number of morpholine rings is 1. The normalized spacial score (nSPS) is 15.6. The smallest absolute Gasteiger partial charge is 0.255 e. The second kappa shape index (κ2) is 9.97. The lowest BCUT2D eigenvalue weighted by Gasteiger charge is -2.29. The quantitative estimate of drug-likeness (QED) is 0.529. The van der Waals surface area contributed by atoms with Gasteiger partial charge in [-0.05, 0) is 30.2 Å². The Morgan fingerprint density at radius 2 is 1.91 bits per heavy atom. The molecule has 9 nitrogen and oxygen atoms in total. The first-order valence-corrected chi connectivity index (χ1v) is 11.9. The lowest BCUT2D eigenvalue weighted by molar-refractivity contribution is 0.0782. The number of rotatable bonds is 6. The van der Waals surface area contributed by atoms with Gasteiger partial charge in [0.1, 0.15) is 10.8 Å². The van der Waals surface area contributed by atoms with E-state index in [4.69, 9.17) is 21.1 Å². The molecule has 3 aromatic rings. The van der Waals surface area contributed by atoms with Crippen LogP contribution in [0.2, 0.25) is 5.02 Å². The van der Waals surface area contributed by atoms with Gasteiger partial charge >= 0.3 is 0 Å². The van der Waals surface area contributed by atoms with E-state index in [-0.39, 0.29) is 5.91 Å². The zero-order chi connectivity index (χ0) is 24.4. The monoisotopic (exact) mass is 494 g/mol. The first-order chi connectivity index (χ1) is 17.0. The fourth-order valence-corrected chi connectivity index (χ4v) is 4.45. The molecule has 1 saturated heterocycles. The third kappa shape index (κ3) is 4.82. The average Bonchev–Trinajstić information content (AvgIpc) is 2.89. The van der Waals surface area contributed by atoms with Crippen molar-refractivity contribution in [2.24, 2.45) is 0 Å². The van der Waals surface area contributed by atoms with Gasteiger partial charge in [-0.3, -0.25) is 4.79 Å². The summed E-state index contributed by atoms with van der Waals surface area (Å²) in [5.74, 6) is 1.40. The Balaban J connectivity index is 1.40. The summed E-state index contributed by atoms with van der Waals surface area (Å²) in [7, 11) is 3.44. The lowest BCUT2D eigenvalue weighted by atomic mass is 9.97. The Morgan fingerprint density at radius 1 is 1.09 bits per heavy atom. The zero-order valence-electron chi connectivity index (χ0n) is 19.7. The van der Waals surface area contributed by atoms with E-state index in [0.29, 0.717) is 53.5 Å². The molecular weight excluding hydrogens is 468 g/mol. The molecule has 0 unspecified atom stereocenters. The molecule has 0 atom stereocenters. The molecule has 1 fully saturated rings. The molecule has 10 heteroatoms. The Bertz CT molecular complexity index is 1250. The van der Waals surface area contributed by atoms with Crippen LogP contribution in [0.25, 0.3) is 0 Å². The molecule has 3 heterocycles. The first kappa shape index (κ1) is 23.2. The molecule has 182 valence electrons. The van der Waals surface area contributed by atoms with Gasteiger partial charge in [-0.2, -0.15) is 4.98 Å². The summed E-state index contributed by atoms with van der Waals surface area (Å²) in [5.41, 5.74) is 4.11. The van der Waals surface area contributed by atoms with Crippen LogP contribution in [0.15, 0.2) is 42.6 Å². The van der Waals surface area contributed by atoms with Crippen molar-refractivity contribution in [3.63, 3.8) is 0 Å². The fraction of sp³-hybridized carbons (Fsp3) is 0.320. The van der Waals surface area contributed by atoms with Crippen molar-refractivity contribution in [3.05, 3.63) is 58.7 Å². The second-order valence-corrected chi connectivity index (χ2v) is 8.85. The minimum Gasteiger partial charge on any atom is -0.494 e. The van der Waals surface area contributed by atoms with E-state index in [1.165, 1.54) is 6.20 Å². The Kier molecular flexibility index (Phi) is 6.61. The number of methoxy groups -OCH3 is 1. The number of nitrogens with one attached hydrogen (secondary N) is 2. The van der Waals surface area contributed by atoms with Gasteiger partial charge < -0.3 is 29.9 Å². The van der Waals surface area contributed by atoms with Crippen molar-refractivity contribution < 1.29 is 14.3 Å². The Morgan fingerprint density at radius 3 is 2.71 bits per heavy atom. The molecule has 2 aliphatic heterocycles. The Labute approximate surface area is 209 Å². The summed E-state index contributed by atoms with van der Waals surface area (Å²) in [6.45, 7) is 3.80. The molecule has 0 spiro atoms. The average molecular weight is 495 g/mol. The molecule has 1 amide bonds. The van der Waals surface area contributed by atoms with Crippen LogP contribution >= 0.6 is 11.6 Å². The molecule has 2 N–H and O–H groups in total. The number of carbonyl (C=O) groups is 1. The van der Waals surface area contributed by atoms with Crippen LogP contribution in [-0.4, -0.2) is 67.8 Å². The zero-order valence-corrected chi connectivity index (χ0v) is 20.4. The molecule has 0 saturated carbocycles. The van der Waals surface area contributed by atoms with Gasteiger partial charge in [0, 0.05) is 38.4 Å². The number of nitrogens with zero attached hydrogens (tertiary/aromatic N) is 4. The van der Waals surface area contributed by atoms with Gasteiger partial charge in [0.15, 0.2) is 5.82 Å². The third-order valence-corrected chi connectivity index (χ3v) is 6.51. The van der Waals surface area contributed by atoms with E-state index in [1.54, 1.807) is 19.1 Å². The third-order valence-electron chi connectivity index (χ3n) is 6.23. The first-order valence-electron chi connectivity index (χ1n) is 11.5. The van der Waals surface area contributed by atoms with Crippen LogP contribution in [0.1, 0.15) is 15.9 Å². The van der Waals surface area contributed by atoms with Crippen molar-refractivity contribution in [1.29, 1.82) is 0 Å². The fourth-order valence-electron chi connectivity index (χ4n) is 4.31. The minimum absolute atomic E-state index is 0.0250. The van der Waals surface area contributed by atoms with E-state index >= 15 is 0 Å². The number of anilines is 5. The number of aromatic nitrogens is 2. The Hall–Kier alpha value is -3.56. The maximum absolute atomic E-state index is 12.8. The van der Waals surface area contributed by atoms with Crippen molar-refractivity contribution in [1.82, 2.24) is 14.9 Å². The van der Waals surface area contributed by atoms with Crippen molar-refractivity contribution >= 4 is 46.3 Å². The van der Waals surface area contributed by atoms with Crippen molar-refractivity contribution in [2.75, 3.05) is 62.5 Å². The maximum Gasteiger partial charge on any atom is 0.255 e. The molecule has 1 aromatic heterocycles. The number of hydrogen-bond donors (Lipinski definition) is 2. The highest BCUT2D eigenvalue weighted by atomic mass is 35.5. The highest BCUT2D eigenvalue weighted by molar-refractivity contribution is 6.33. The predicted octanol–water partition coefficient (Wildman–Crippen LogP) is 4.09. The number of benzene rings is 2. The highest BCUT2D eigenvalue weighted by Gasteiger charge is 2.25. The van der Waals surface area contributed by atoms with E-state index in [0.717, 1.165) is 36.4 Å². The predicted molar refractivity (Wildman–Crippen MR) is 137 cm³/mol. The molecule has 0 aliphatic carbocycles. The van der Waals surface area contributed by atoms with Gasteiger partial charge in [0.05, 0.1) is 43.5 Å². The summed E-state index contributed by atoms with van der Waals surface area (Å²) < 4.78 is 11.1. The summed E-state index contributed by atoms with van der Waals surface area (Å²) in [4.78, 5) is 25.7. The van der Waals surface area contributed by atoms with E-state index in [9.17, 15) is 4.79 Å². The number of halogens is 1. The highest BCUT2D eigenvalue weighted by Crippen LogP contribution is 2.34. The number of ether oxygens (including phenoxy) is 2. The number of carbonyl (C=O) groups excluding carboxylic acids is 1. The molecule has 2 aromatic carbocycles. The molecule has 0 radical (unpaired) electrons. The van der Waals surface area contributed by atoms with Crippen LogP contribution in [0.3, 0.4) is 0 Å². The van der Waals surface area contributed by atoms with Crippen LogP contribution in [0, 0.1) is 0 Å². The number of hydrogen-bond acceptors (Lipinski definition) is 8. The number of amides is 1. The van der Waals surface area contributed by atoms with Crippen LogP contribution < -0.4 is 20.3 Å². The molecular formula is C25H27ClN6O3. The van der Waals surface area contributed by atoms with Gasteiger partial charge in [-0.15, -0.1) is 0 Å². The summed E-state index contributed by atoms with van der Waals surface area (Å²) in [5, 5.41) is 6.81. The summed E-state index contributed by atoms with van der Waals surface area (Å²) in [6, 6.07) is 11.7. The lowest BCUT2D eigenvalue weighted by Crippen LogP contribution is -2.36. The minimum atomic E-state index is -0.0250. The maximum atomic E-state index is 12.8. The molecule has 2 aliphatic rings. The molecule has 35 heavy (non-hydrogen) atoms. The van der Waals surface area contributed by atoms with Crippen molar-refractivity contribution in [3.8, 4) is 5.75 Å². The van der Waals surface area contributed by atoms with Crippen LogP contribution in [0.4, 0.5) is 28.8 Å². The molecule has 5 rings (SSSR count). The SMILES string of the molecule is COc1cc(N2CCOCC2)ccc1Nc1ncc(Cl)c(Nc2cccc3c2C(=O)N(C)CC3)n1. The second-order valence-electron chi connectivity index (χ2n) is 8.44. The topological polar surface area (TPSA) is 91.8 Å². The van der Waals surface area contributed by atoms with Crippen molar-refractivity contribution in [2.45, 2.75) is 6.42 Å². The standard InChI is InChI=1S/C25H27ClN6O3/c1-31-9-8-16-4-3-5-20(22(16)24(31)33)28-23-18(26)15-27-25(30-23)29-19-7-6-17(14-21(19)34-2)32-10-12-35-13-11-32/h3-7,14-15H,8-13H2,1-2H3,(H2,27,28,29,30). The van der Waals surface area contributed by atoms with E-state index in [2.05, 4.69) is 25.5 Å². The van der Waals surface area contributed by atoms with Crippen LogP contribution in [0.5, 0.6) is 5.75 Å².